The van der Waals surface area contributed by atoms with Crippen molar-refractivity contribution in [2.75, 3.05) is 26.9 Å². The maximum Gasteiger partial charge on any atom is 0.406 e. The number of esters is 1. The van der Waals surface area contributed by atoms with Crippen molar-refractivity contribution >= 4 is 12.1 Å². The second kappa shape index (κ2) is 6.41. The molecule has 70 valence electrons. The number of amides is 1. The first-order valence-electron chi connectivity index (χ1n) is 3.29. The minimum absolute atomic E-state index is 0.0223. The lowest BCUT2D eigenvalue weighted by atomic mass is 10.6. The highest BCUT2D eigenvalue weighted by atomic mass is 16.5. The number of ether oxygens (including phenoxy) is 2. The van der Waals surface area contributed by atoms with E-state index in [9.17, 15) is 9.59 Å². The lowest BCUT2D eigenvalue weighted by Gasteiger charge is -2.03. The largest absolute Gasteiger partial charge is 0.462 e. The van der Waals surface area contributed by atoms with Crippen LogP contribution in [0, 0.1) is 0 Å². The first kappa shape index (κ1) is 10.7. The summed E-state index contributed by atoms with van der Waals surface area (Å²) >= 11 is 0. The molecule has 0 aliphatic carbocycles. The molecule has 0 aliphatic rings. The Morgan fingerprint density at radius 2 is 2.17 bits per heavy atom. The highest BCUT2D eigenvalue weighted by Crippen LogP contribution is 1.76. The number of nitrogens with one attached hydrogen (secondary N) is 1. The van der Waals surface area contributed by atoms with Gasteiger partial charge in [-0.15, -0.1) is 0 Å². The average Bonchev–Trinajstić information content (AvgIpc) is 2.11. The normalized spacial score (nSPS) is 8.83. The summed E-state index contributed by atoms with van der Waals surface area (Å²) in [5.74, 6) is -0.721. The van der Waals surface area contributed by atoms with Gasteiger partial charge in [-0.1, -0.05) is 0 Å². The minimum Gasteiger partial charge on any atom is -0.462 e. The number of carbonyl (C=O) groups excluding carboxylic acids is 2. The van der Waals surface area contributed by atoms with Gasteiger partial charge in [0.05, 0.1) is 13.7 Å². The Bertz CT molecular complexity index is 140. The van der Waals surface area contributed by atoms with Gasteiger partial charge in [-0.2, -0.15) is 0 Å². The van der Waals surface area contributed by atoms with Crippen LogP contribution < -0.4 is 5.32 Å². The molecule has 0 saturated carbocycles. The second-order valence-corrected chi connectivity index (χ2v) is 1.80. The third kappa shape index (κ3) is 5.48. The molecule has 0 fully saturated rings. The second-order valence-electron chi connectivity index (χ2n) is 1.80. The van der Waals surface area contributed by atoms with Crippen molar-refractivity contribution in [1.82, 2.24) is 5.32 Å². The molecule has 0 radical (unpaired) electrons. The van der Waals surface area contributed by atoms with E-state index in [1.807, 2.05) is 0 Å². The quantitative estimate of drug-likeness (QED) is 0.419. The number of methoxy groups -OCH3 is 1. The molecule has 0 spiro atoms. The third-order valence-electron chi connectivity index (χ3n) is 0.949. The van der Waals surface area contributed by atoms with Gasteiger partial charge in [0.25, 0.3) is 0 Å². The van der Waals surface area contributed by atoms with Gasteiger partial charge in [-0.3, -0.25) is 0 Å². The molecule has 0 aromatic carbocycles. The Balaban J connectivity index is 3.21. The van der Waals surface area contributed by atoms with E-state index in [1.165, 1.54) is 7.11 Å². The van der Waals surface area contributed by atoms with E-state index >= 15 is 0 Å². The van der Waals surface area contributed by atoms with Crippen molar-refractivity contribution in [2.24, 2.45) is 0 Å². The SMILES string of the molecule is COC(=O)NCCOC(=O)CO. The van der Waals surface area contributed by atoms with E-state index in [4.69, 9.17) is 5.11 Å². The van der Waals surface area contributed by atoms with Crippen molar-refractivity contribution < 1.29 is 24.2 Å². The van der Waals surface area contributed by atoms with Crippen molar-refractivity contribution in [3.8, 4) is 0 Å². The molecule has 0 rings (SSSR count). The van der Waals surface area contributed by atoms with Crippen molar-refractivity contribution in [3.05, 3.63) is 0 Å². The summed E-state index contributed by atoms with van der Waals surface area (Å²) in [6.07, 6.45) is -0.588. The molecule has 0 unspecified atom stereocenters. The summed E-state index contributed by atoms with van der Waals surface area (Å²) in [6, 6.07) is 0. The zero-order valence-corrected chi connectivity index (χ0v) is 6.70. The number of alkyl carbamates (subject to hydrolysis) is 1. The minimum atomic E-state index is -0.721. The standard InChI is InChI=1S/C6H11NO5/c1-11-6(10)7-2-3-12-5(9)4-8/h8H,2-4H2,1H3,(H,7,10). The Morgan fingerprint density at radius 1 is 1.50 bits per heavy atom. The molecular weight excluding hydrogens is 166 g/mol. The maximum absolute atomic E-state index is 10.4. The predicted molar refractivity (Wildman–Crippen MR) is 38.5 cm³/mol. The van der Waals surface area contributed by atoms with Crippen LogP contribution in [0.25, 0.3) is 0 Å². The average molecular weight is 177 g/mol. The van der Waals surface area contributed by atoms with Crippen LogP contribution in [-0.4, -0.2) is 44.0 Å². The lowest BCUT2D eigenvalue weighted by molar-refractivity contribution is -0.146. The van der Waals surface area contributed by atoms with Crippen LogP contribution in [0.3, 0.4) is 0 Å². The first-order chi connectivity index (χ1) is 5.70. The third-order valence-corrected chi connectivity index (χ3v) is 0.949. The summed E-state index contributed by atoms with van der Waals surface area (Å²) in [6.45, 7) is -0.467. The first-order valence-corrected chi connectivity index (χ1v) is 3.29. The van der Waals surface area contributed by atoms with E-state index in [-0.39, 0.29) is 13.2 Å². The molecule has 0 atom stereocenters. The van der Waals surface area contributed by atoms with Gasteiger partial charge < -0.3 is 19.9 Å². The van der Waals surface area contributed by atoms with Gasteiger partial charge in [0.2, 0.25) is 0 Å². The molecule has 0 saturated heterocycles. The molecule has 6 heteroatoms. The van der Waals surface area contributed by atoms with E-state index in [1.54, 1.807) is 0 Å². The summed E-state index contributed by atoms with van der Waals surface area (Å²) in [5.41, 5.74) is 0. The summed E-state index contributed by atoms with van der Waals surface area (Å²) in [4.78, 5) is 20.7. The lowest BCUT2D eigenvalue weighted by Crippen LogP contribution is -2.28. The van der Waals surface area contributed by atoms with Crippen LogP contribution in [0.15, 0.2) is 0 Å². The number of carbonyl (C=O) groups is 2. The van der Waals surface area contributed by atoms with Crippen LogP contribution in [-0.2, 0) is 14.3 Å². The van der Waals surface area contributed by atoms with Crippen LogP contribution >= 0.6 is 0 Å². The maximum atomic E-state index is 10.4. The van der Waals surface area contributed by atoms with Crippen molar-refractivity contribution in [3.63, 3.8) is 0 Å². The van der Waals surface area contributed by atoms with Crippen LogP contribution in [0.2, 0.25) is 0 Å². The van der Waals surface area contributed by atoms with Crippen LogP contribution in [0.5, 0.6) is 0 Å². The smallest absolute Gasteiger partial charge is 0.406 e. The molecule has 12 heavy (non-hydrogen) atoms. The number of rotatable bonds is 4. The van der Waals surface area contributed by atoms with Crippen LogP contribution in [0.4, 0.5) is 4.79 Å². The molecule has 0 heterocycles. The van der Waals surface area contributed by atoms with Gasteiger partial charge in [-0.05, 0) is 0 Å². The van der Waals surface area contributed by atoms with Gasteiger partial charge in [0, 0.05) is 0 Å². The topological polar surface area (TPSA) is 84.9 Å². The molecule has 0 bridgehead atoms. The van der Waals surface area contributed by atoms with Gasteiger partial charge in [0.15, 0.2) is 0 Å². The molecule has 0 aromatic rings. The van der Waals surface area contributed by atoms with E-state index in [0.29, 0.717) is 0 Å². The summed E-state index contributed by atoms with van der Waals surface area (Å²) in [7, 11) is 1.23. The fraction of sp³-hybridized carbons (Fsp3) is 0.667. The number of aliphatic hydroxyl groups excluding tert-OH is 1. The fourth-order valence-corrected chi connectivity index (χ4v) is 0.436. The Morgan fingerprint density at radius 3 is 2.67 bits per heavy atom. The zero-order chi connectivity index (χ0) is 9.40. The Labute approximate surface area is 69.5 Å². The highest BCUT2D eigenvalue weighted by Gasteiger charge is 2.00. The summed E-state index contributed by atoms with van der Waals surface area (Å²) < 4.78 is 8.67. The number of hydrogen-bond acceptors (Lipinski definition) is 5. The van der Waals surface area contributed by atoms with E-state index in [0.717, 1.165) is 0 Å². The van der Waals surface area contributed by atoms with Crippen molar-refractivity contribution in [1.29, 1.82) is 0 Å². The fourth-order valence-electron chi connectivity index (χ4n) is 0.436. The Kier molecular flexibility index (Phi) is 5.72. The highest BCUT2D eigenvalue weighted by molar-refractivity contribution is 5.70. The molecule has 6 nitrogen and oxygen atoms in total. The van der Waals surface area contributed by atoms with Crippen LogP contribution in [0.1, 0.15) is 0 Å². The van der Waals surface area contributed by atoms with Gasteiger partial charge in [-0.25, -0.2) is 9.59 Å². The van der Waals surface area contributed by atoms with Crippen molar-refractivity contribution in [2.45, 2.75) is 0 Å². The van der Waals surface area contributed by atoms with Gasteiger partial charge >= 0.3 is 12.1 Å². The summed E-state index contributed by atoms with van der Waals surface area (Å²) in [5, 5.41) is 10.5. The number of aliphatic hydroxyl groups is 1. The zero-order valence-electron chi connectivity index (χ0n) is 6.70. The Hall–Kier alpha value is -1.30. The molecular formula is C6H11NO5. The molecule has 0 aliphatic heterocycles. The van der Waals surface area contributed by atoms with Gasteiger partial charge in [0.1, 0.15) is 13.2 Å². The monoisotopic (exact) mass is 177 g/mol. The molecule has 2 N–H and O–H groups in total. The van der Waals surface area contributed by atoms with E-state index < -0.39 is 18.7 Å². The van der Waals surface area contributed by atoms with E-state index in [2.05, 4.69) is 14.8 Å². The predicted octanol–water partition coefficient (Wildman–Crippen LogP) is -1.12. The molecule has 0 aromatic heterocycles. The number of hydrogen-bond donors (Lipinski definition) is 2. The molecule has 1 amide bonds.